The molecule has 3 atom stereocenters. The van der Waals surface area contributed by atoms with Gasteiger partial charge in [0.2, 0.25) is 5.91 Å². The van der Waals surface area contributed by atoms with E-state index in [2.05, 4.69) is 5.32 Å². The molecule has 2 bridgehead atoms. The van der Waals surface area contributed by atoms with Crippen LogP contribution >= 0.6 is 0 Å². The Hall–Kier alpha value is -1.10. The summed E-state index contributed by atoms with van der Waals surface area (Å²) in [7, 11) is 0. The van der Waals surface area contributed by atoms with Crippen LogP contribution in [0.5, 0.6) is 0 Å². The minimum atomic E-state index is -0.845. The number of amides is 1. The van der Waals surface area contributed by atoms with E-state index in [0.717, 1.165) is 12.8 Å². The lowest BCUT2D eigenvalue weighted by Crippen LogP contribution is -2.41. The average Bonchev–Trinajstić information content (AvgIpc) is 2.90. The second kappa shape index (κ2) is 5.04. The van der Waals surface area contributed by atoms with Crippen molar-refractivity contribution in [2.24, 2.45) is 5.92 Å². The maximum Gasteiger partial charge on any atom is 0.305 e. The third-order valence-electron chi connectivity index (χ3n) is 3.91. The van der Waals surface area contributed by atoms with Crippen LogP contribution in [0.1, 0.15) is 32.6 Å². The highest BCUT2D eigenvalue weighted by atomic mass is 16.4. The van der Waals surface area contributed by atoms with E-state index in [1.54, 1.807) is 4.90 Å². The Bertz CT molecular complexity index is 319. The van der Waals surface area contributed by atoms with Gasteiger partial charge < -0.3 is 15.3 Å². The highest BCUT2D eigenvalue weighted by Gasteiger charge is 2.43. The van der Waals surface area contributed by atoms with Crippen molar-refractivity contribution in [1.82, 2.24) is 10.2 Å². The van der Waals surface area contributed by atoms with Crippen LogP contribution in [-0.4, -0.2) is 47.1 Å². The molecule has 0 aromatic rings. The number of nitrogens with zero attached hydrogens (tertiary/aromatic N) is 1. The molecule has 5 heteroatoms. The molecule has 2 rings (SSSR count). The van der Waals surface area contributed by atoms with Gasteiger partial charge in [-0.15, -0.1) is 0 Å². The first-order valence-electron chi connectivity index (χ1n) is 6.38. The summed E-state index contributed by atoms with van der Waals surface area (Å²) in [5.41, 5.74) is 0. The largest absolute Gasteiger partial charge is 0.481 e. The number of hydrogen-bond donors (Lipinski definition) is 2. The van der Waals surface area contributed by atoms with Gasteiger partial charge in [-0.05, 0) is 26.2 Å². The van der Waals surface area contributed by atoms with Crippen LogP contribution in [0.4, 0.5) is 0 Å². The fraction of sp³-hybridized carbons (Fsp3) is 0.833. The van der Waals surface area contributed by atoms with Crippen molar-refractivity contribution >= 4 is 11.9 Å². The van der Waals surface area contributed by atoms with Crippen molar-refractivity contribution < 1.29 is 14.7 Å². The first kappa shape index (κ1) is 12.4. The molecule has 1 amide bonds. The van der Waals surface area contributed by atoms with E-state index in [1.807, 2.05) is 6.92 Å². The summed E-state index contributed by atoms with van der Waals surface area (Å²) in [6.07, 6.45) is 3.22. The van der Waals surface area contributed by atoms with Crippen LogP contribution in [0.25, 0.3) is 0 Å². The molecular formula is C12H20N2O3. The topological polar surface area (TPSA) is 69.6 Å². The molecule has 17 heavy (non-hydrogen) atoms. The SMILES string of the molecule is CCN(CCC(=O)O)C(=O)C1CC2CCC1N2. The van der Waals surface area contributed by atoms with Gasteiger partial charge in [0.15, 0.2) is 0 Å². The fourth-order valence-corrected chi connectivity index (χ4v) is 2.99. The van der Waals surface area contributed by atoms with Gasteiger partial charge in [0.1, 0.15) is 0 Å². The summed E-state index contributed by atoms with van der Waals surface area (Å²) in [6.45, 7) is 2.83. The molecule has 0 aromatic carbocycles. The van der Waals surface area contributed by atoms with Crippen molar-refractivity contribution in [1.29, 1.82) is 0 Å². The maximum atomic E-state index is 12.3. The summed E-state index contributed by atoms with van der Waals surface area (Å²) >= 11 is 0. The molecule has 2 aliphatic rings. The Morgan fingerprint density at radius 2 is 2.18 bits per heavy atom. The average molecular weight is 240 g/mol. The highest BCUT2D eigenvalue weighted by molar-refractivity contribution is 5.80. The Balaban J connectivity index is 1.90. The van der Waals surface area contributed by atoms with E-state index in [0.29, 0.717) is 25.2 Å². The van der Waals surface area contributed by atoms with Crippen molar-refractivity contribution in [2.75, 3.05) is 13.1 Å². The molecule has 0 spiro atoms. The van der Waals surface area contributed by atoms with Gasteiger partial charge in [-0.1, -0.05) is 0 Å². The molecule has 0 aromatic heterocycles. The van der Waals surface area contributed by atoms with Gasteiger partial charge in [0.25, 0.3) is 0 Å². The first-order valence-corrected chi connectivity index (χ1v) is 6.38. The molecule has 0 aliphatic carbocycles. The van der Waals surface area contributed by atoms with Gasteiger partial charge in [-0.2, -0.15) is 0 Å². The van der Waals surface area contributed by atoms with Gasteiger partial charge in [0.05, 0.1) is 12.3 Å². The number of carbonyl (C=O) groups excluding carboxylic acids is 1. The van der Waals surface area contributed by atoms with Crippen LogP contribution in [0, 0.1) is 5.92 Å². The quantitative estimate of drug-likeness (QED) is 0.732. The van der Waals surface area contributed by atoms with Crippen molar-refractivity contribution in [3.05, 3.63) is 0 Å². The predicted octanol–water partition coefficient (Wildman–Crippen LogP) is 0.450. The third-order valence-corrected chi connectivity index (χ3v) is 3.91. The van der Waals surface area contributed by atoms with E-state index in [-0.39, 0.29) is 18.2 Å². The Morgan fingerprint density at radius 1 is 1.41 bits per heavy atom. The van der Waals surface area contributed by atoms with E-state index >= 15 is 0 Å². The number of nitrogens with one attached hydrogen (secondary N) is 1. The van der Waals surface area contributed by atoms with Gasteiger partial charge in [-0.3, -0.25) is 9.59 Å². The number of hydrogen-bond acceptors (Lipinski definition) is 3. The fourth-order valence-electron chi connectivity index (χ4n) is 2.99. The number of carboxylic acids is 1. The van der Waals surface area contributed by atoms with E-state index in [4.69, 9.17) is 5.11 Å². The number of aliphatic carboxylic acids is 1. The highest BCUT2D eigenvalue weighted by Crippen LogP contribution is 2.34. The summed E-state index contributed by atoms with van der Waals surface area (Å²) in [5, 5.41) is 12.1. The van der Waals surface area contributed by atoms with Crippen molar-refractivity contribution in [2.45, 2.75) is 44.7 Å². The van der Waals surface area contributed by atoms with Crippen LogP contribution in [0.2, 0.25) is 0 Å². The summed E-state index contributed by atoms with van der Waals surface area (Å²) in [4.78, 5) is 24.5. The van der Waals surface area contributed by atoms with E-state index in [1.165, 1.54) is 6.42 Å². The van der Waals surface area contributed by atoms with Crippen LogP contribution in [0.15, 0.2) is 0 Å². The molecule has 96 valence electrons. The lowest BCUT2D eigenvalue weighted by Gasteiger charge is -2.27. The summed E-state index contributed by atoms with van der Waals surface area (Å²) < 4.78 is 0. The number of carboxylic acid groups (broad SMARTS) is 1. The first-order chi connectivity index (χ1) is 8.11. The smallest absolute Gasteiger partial charge is 0.305 e. The zero-order valence-electron chi connectivity index (χ0n) is 10.2. The predicted molar refractivity (Wildman–Crippen MR) is 62.6 cm³/mol. The Kier molecular flexibility index (Phi) is 3.66. The third kappa shape index (κ3) is 2.60. The van der Waals surface area contributed by atoms with Crippen LogP contribution < -0.4 is 5.32 Å². The molecule has 2 N–H and O–H groups in total. The molecule has 2 heterocycles. The lowest BCUT2D eigenvalue weighted by molar-refractivity contribution is -0.139. The van der Waals surface area contributed by atoms with Gasteiger partial charge in [-0.25, -0.2) is 0 Å². The van der Waals surface area contributed by atoms with Crippen molar-refractivity contribution in [3.63, 3.8) is 0 Å². The van der Waals surface area contributed by atoms with E-state index in [9.17, 15) is 9.59 Å². The summed E-state index contributed by atoms with van der Waals surface area (Å²) in [6, 6.07) is 0.832. The second-order valence-electron chi connectivity index (χ2n) is 4.95. The van der Waals surface area contributed by atoms with Crippen LogP contribution in [0.3, 0.4) is 0 Å². The van der Waals surface area contributed by atoms with Gasteiger partial charge in [0, 0.05) is 25.2 Å². The Labute approximate surface area is 101 Å². The molecule has 2 aliphatic heterocycles. The maximum absolute atomic E-state index is 12.3. The minimum Gasteiger partial charge on any atom is -0.481 e. The molecule has 2 fully saturated rings. The second-order valence-corrected chi connectivity index (χ2v) is 4.95. The van der Waals surface area contributed by atoms with Crippen molar-refractivity contribution in [3.8, 4) is 0 Å². The zero-order valence-corrected chi connectivity index (χ0v) is 10.2. The molecule has 0 radical (unpaired) electrons. The molecule has 2 saturated heterocycles. The number of rotatable bonds is 5. The van der Waals surface area contributed by atoms with E-state index < -0.39 is 5.97 Å². The number of carbonyl (C=O) groups is 2. The number of fused-ring (bicyclic) bond motifs is 2. The molecule has 3 unspecified atom stereocenters. The van der Waals surface area contributed by atoms with Crippen LogP contribution in [-0.2, 0) is 9.59 Å². The minimum absolute atomic E-state index is 0.0355. The molecular weight excluding hydrogens is 220 g/mol. The van der Waals surface area contributed by atoms with Gasteiger partial charge >= 0.3 is 5.97 Å². The standard InChI is InChI=1S/C12H20N2O3/c1-2-14(6-5-11(15)16)12(17)9-7-8-3-4-10(9)13-8/h8-10,13H,2-7H2,1H3,(H,15,16). The molecule has 5 nitrogen and oxygen atoms in total. The summed E-state index contributed by atoms with van der Waals surface area (Å²) in [5.74, 6) is -0.640. The Morgan fingerprint density at radius 3 is 2.65 bits per heavy atom. The lowest BCUT2D eigenvalue weighted by atomic mass is 9.88. The molecule has 0 saturated carbocycles. The monoisotopic (exact) mass is 240 g/mol. The normalized spacial score (nSPS) is 30.5. The zero-order chi connectivity index (χ0) is 12.4.